The molecule has 0 spiro atoms. The van der Waals surface area contributed by atoms with Crippen LogP contribution in [-0.2, 0) is 25.4 Å². The van der Waals surface area contributed by atoms with Gasteiger partial charge < -0.3 is 31.7 Å². The number of aliphatic hydroxyl groups excluding tert-OH is 1. The maximum atomic E-state index is 14.0. The van der Waals surface area contributed by atoms with Gasteiger partial charge in [0.25, 0.3) is 0 Å². The van der Waals surface area contributed by atoms with Crippen molar-refractivity contribution in [2.75, 3.05) is 24.7 Å². The molecule has 3 aliphatic carbocycles. The third-order valence-electron chi connectivity index (χ3n) is 9.27. The van der Waals surface area contributed by atoms with E-state index in [-0.39, 0.29) is 10.6 Å². The van der Waals surface area contributed by atoms with Crippen molar-refractivity contribution in [1.29, 1.82) is 0 Å². The number of aromatic hydroxyl groups is 1. The molecule has 3 aliphatic rings. The molecule has 0 bridgehead atoms. The molecule has 250 valence electrons. The Labute approximate surface area is 268 Å². The number of amides is 3. The van der Waals surface area contributed by atoms with Crippen LogP contribution >= 0.6 is 11.6 Å². The molecule has 47 heavy (non-hydrogen) atoms. The number of anilines is 2. The zero-order chi connectivity index (χ0) is 35.1. The molecule has 2 fully saturated rings. The standard InChI is InChI=1S/C30H28ClF3N4O9/c1-9-11-5-7-14(37-28(46)36-13-6-4-10(31)8-12(13)30(32,33)34)21(39)16(11)22(40)17-15(9)23(41)19-20(38(2)3)24(42)18(27(35)45)26(44)29(19,47)25(17)43/h4-9,15,17-20,23,39,41,47H,1-3H3,(H2,35,45)(H2,36,37,46)/t9-,15+,17?,18?,19+,20-,23-,29-/m1/s1. The van der Waals surface area contributed by atoms with E-state index in [1.54, 1.807) is 0 Å². The largest absolute Gasteiger partial charge is 0.505 e. The summed E-state index contributed by atoms with van der Waals surface area (Å²) in [6, 6.07) is 2.25. The van der Waals surface area contributed by atoms with Gasteiger partial charge in [-0.15, -0.1) is 0 Å². The van der Waals surface area contributed by atoms with Gasteiger partial charge in [0, 0.05) is 10.9 Å². The first-order valence-electron chi connectivity index (χ1n) is 14.1. The molecule has 17 heteroatoms. The highest BCUT2D eigenvalue weighted by Gasteiger charge is 2.73. The topological polar surface area (TPSA) is 216 Å². The molecular formula is C30H28ClF3N4O9. The van der Waals surface area contributed by atoms with Gasteiger partial charge in [-0.3, -0.25) is 28.9 Å². The minimum absolute atomic E-state index is 0.0962. The number of carbonyl (C=O) groups is 6. The van der Waals surface area contributed by atoms with E-state index < -0.39 is 117 Å². The quantitative estimate of drug-likeness (QED) is 0.203. The molecular weight excluding hydrogens is 653 g/mol. The van der Waals surface area contributed by atoms with Gasteiger partial charge in [-0.1, -0.05) is 24.6 Å². The first-order valence-corrected chi connectivity index (χ1v) is 14.5. The van der Waals surface area contributed by atoms with E-state index in [1.165, 1.54) is 32.0 Å². The van der Waals surface area contributed by atoms with Crippen LogP contribution in [0.2, 0.25) is 5.02 Å². The van der Waals surface area contributed by atoms with E-state index in [9.17, 15) is 57.3 Å². The summed E-state index contributed by atoms with van der Waals surface area (Å²) < 4.78 is 40.5. The summed E-state index contributed by atoms with van der Waals surface area (Å²) in [7, 11) is 2.73. The van der Waals surface area contributed by atoms with Crippen molar-refractivity contribution in [2.24, 2.45) is 29.4 Å². The van der Waals surface area contributed by atoms with Crippen LogP contribution in [0.15, 0.2) is 30.3 Å². The molecule has 2 aromatic rings. The fraction of sp³-hybridized carbons (Fsp3) is 0.400. The van der Waals surface area contributed by atoms with E-state index in [4.69, 9.17) is 17.3 Å². The number of rotatable bonds is 4. The van der Waals surface area contributed by atoms with Crippen LogP contribution in [0.3, 0.4) is 0 Å². The zero-order valence-corrected chi connectivity index (χ0v) is 25.5. The van der Waals surface area contributed by atoms with Crippen molar-refractivity contribution in [1.82, 2.24) is 4.90 Å². The van der Waals surface area contributed by atoms with Crippen LogP contribution in [0.1, 0.15) is 34.3 Å². The number of likely N-dealkylation sites (N-methyl/N-ethyl adjacent to an activating group) is 1. The number of fused-ring (bicyclic) bond motifs is 3. The number of carbonyl (C=O) groups excluding carboxylic acids is 6. The second-order valence-corrected chi connectivity index (χ2v) is 12.5. The number of nitrogens with two attached hydrogens (primary N) is 1. The van der Waals surface area contributed by atoms with E-state index in [0.29, 0.717) is 6.07 Å². The molecule has 2 saturated carbocycles. The van der Waals surface area contributed by atoms with Crippen molar-refractivity contribution in [2.45, 2.75) is 36.8 Å². The Bertz CT molecular complexity index is 1770. The van der Waals surface area contributed by atoms with Crippen LogP contribution in [0.25, 0.3) is 0 Å². The molecule has 8 atom stereocenters. The highest BCUT2D eigenvalue weighted by molar-refractivity contribution is 6.33. The normalized spacial score (nSPS) is 30.4. The summed E-state index contributed by atoms with van der Waals surface area (Å²) in [5, 5.41) is 38.4. The maximum Gasteiger partial charge on any atom is 0.418 e. The van der Waals surface area contributed by atoms with Gasteiger partial charge in [-0.05, 0) is 49.8 Å². The van der Waals surface area contributed by atoms with Crippen LogP contribution in [-0.4, -0.2) is 87.1 Å². The summed E-state index contributed by atoms with van der Waals surface area (Å²) in [5.41, 5.74) is -0.714. The molecule has 0 heterocycles. The van der Waals surface area contributed by atoms with E-state index >= 15 is 0 Å². The fourth-order valence-electron chi connectivity index (χ4n) is 7.23. The van der Waals surface area contributed by atoms with Crippen LogP contribution in [0.5, 0.6) is 5.75 Å². The number of ketones is 4. The number of Topliss-reactive ketones (excluding diaryl/α,β-unsaturated/α-hetero) is 4. The van der Waals surface area contributed by atoms with Gasteiger partial charge in [-0.2, -0.15) is 13.2 Å². The van der Waals surface area contributed by atoms with Crippen molar-refractivity contribution >= 4 is 58.0 Å². The summed E-state index contributed by atoms with van der Waals surface area (Å²) in [6.07, 6.45) is -6.73. The number of nitrogens with zero attached hydrogens (tertiary/aromatic N) is 1. The third-order valence-corrected chi connectivity index (χ3v) is 9.51. The van der Waals surface area contributed by atoms with Gasteiger partial charge in [0.05, 0.1) is 46.5 Å². The summed E-state index contributed by atoms with van der Waals surface area (Å²) >= 11 is 5.67. The lowest BCUT2D eigenvalue weighted by Crippen LogP contribution is -2.77. The number of urea groups is 1. The van der Waals surface area contributed by atoms with Gasteiger partial charge >= 0.3 is 12.2 Å². The van der Waals surface area contributed by atoms with Gasteiger partial charge in [0.15, 0.2) is 34.7 Å². The number of hydrogen-bond donors (Lipinski definition) is 6. The summed E-state index contributed by atoms with van der Waals surface area (Å²) in [4.78, 5) is 80.8. The number of aliphatic hydroxyl groups is 2. The highest BCUT2D eigenvalue weighted by atomic mass is 35.5. The Morgan fingerprint density at radius 3 is 2.19 bits per heavy atom. The number of nitrogens with one attached hydrogen (secondary N) is 2. The van der Waals surface area contributed by atoms with Gasteiger partial charge in [0.1, 0.15) is 5.75 Å². The molecule has 13 nitrogen and oxygen atoms in total. The SMILES string of the molecule is C[C@@H]1c2ccc(NC(=O)Nc3ccc(Cl)cc3C(F)(F)F)c(O)c2C(=O)C2C(=O)[C@@]3(O)C(=O)C(C(N)=O)C(=O)[C@H](N(C)C)[C@H]3[C@H](O)[C@H]21. The Kier molecular flexibility index (Phi) is 8.24. The molecule has 0 radical (unpaired) electrons. The Morgan fingerprint density at radius 1 is 1.02 bits per heavy atom. The lowest BCUT2D eigenvalue weighted by atomic mass is 9.49. The van der Waals surface area contributed by atoms with Gasteiger partial charge in [-0.25, -0.2) is 4.79 Å². The second kappa shape index (κ2) is 11.4. The first kappa shape index (κ1) is 34.0. The number of benzene rings is 2. The summed E-state index contributed by atoms with van der Waals surface area (Å²) in [6.45, 7) is 1.49. The molecule has 7 N–H and O–H groups in total. The predicted molar refractivity (Wildman–Crippen MR) is 157 cm³/mol. The lowest BCUT2D eigenvalue weighted by Gasteiger charge is -2.56. The van der Waals surface area contributed by atoms with E-state index in [1.807, 2.05) is 5.32 Å². The average Bonchev–Trinajstić information content (AvgIpc) is 2.96. The summed E-state index contributed by atoms with van der Waals surface area (Å²) in [5.74, 6) is -15.7. The van der Waals surface area contributed by atoms with Crippen molar-refractivity contribution in [3.63, 3.8) is 0 Å². The number of primary amides is 1. The number of halogens is 4. The number of phenolic OH excluding ortho intramolecular Hbond substituents is 1. The van der Waals surface area contributed by atoms with Crippen molar-refractivity contribution in [3.05, 3.63) is 52.0 Å². The van der Waals surface area contributed by atoms with Crippen molar-refractivity contribution < 1.29 is 57.3 Å². The Hall–Kier alpha value is -4.38. The van der Waals surface area contributed by atoms with Crippen molar-refractivity contribution in [3.8, 4) is 5.75 Å². The first-order chi connectivity index (χ1) is 21.7. The smallest absolute Gasteiger partial charge is 0.418 e. The molecule has 2 unspecified atom stereocenters. The van der Waals surface area contributed by atoms with Crippen LogP contribution in [0.4, 0.5) is 29.3 Å². The molecule has 0 saturated heterocycles. The number of hydrogen-bond acceptors (Lipinski definition) is 10. The van der Waals surface area contributed by atoms with Crippen LogP contribution in [0, 0.1) is 23.7 Å². The van der Waals surface area contributed by atoms with E-state index in [2.05, 4.69) is 5.32 Å². The number of phenols is 1. The molecule has 3 amide bonds. The van der Waals surface area contributed by atoms with E-state index in [0.717, 1.165) is 18.2 Å². The lowest BCUT2D eigenvalue weighted by molar-refractivity contribution is -0.196. The average molecular weight is 681 g/mol. The Balaban J connectivity index is 1.54. The molecule has 0 aromatic heterocycles. The zero-order valence-electron chi connectivity index (χ0n) is 24.8. The number of alkyl halides is 3. The molecule has 5 rings (SSSR count). The fourth-order valence-corrected chi connectivity index (χ4v) is 7.40. The van der Waals surface area contributed by atoms with Crippen LogP contribution < -0.4 is 16.4 Å². The molecule has 0 aliphatic heterocycles. The predicted octanol–water partition coefficient (Wildman–Crippen LogP) is 1.72. The Morgan fingerprint density at radius 2 is 1.62 bits per heavy atom. The van der Waals surface area contributed by atoms with Gasteiger partial charge in [0.2, 0.25) is 5.91 Å². The highest BCUT2D eigenvalue weighted by Crippen LogP contribution is 2.55. The molecule has 2 aromatic carbocycles. The maximum absolute atomic E-state index is 14.0. The third kappa shape index (κ3) is 5.06. The minimum Gasteiger partial charge on any atom is -0.505 e. The second-order valence-electron chi connectivity index (χ2n) is 12.1. The minimum atomic E-state index is -4.89. The monoisotopic (exact) mass is 680 g/mol.